The number of amides is 1. The van der Waals surface area contributed by atoms with Crippen LogP contribution in [0.25, 0.3) is 11.2 Å². The molecule has 1 fully saturated rings. The summed E-state index contributed by atoms with van der Waals surface area (Å²) in [7, 11) is -3.48. The zero-order valence-corrected chi connectivity index (χ0v) is 17.0. The van der Waals surface area contributed by atoms with Gasteiger partial charge in [0.15, 0.2) is 15.5 Å². The van der Waals surface area contributed by atoms with Gasteiger partial charge in [0.25, 0.3) is 0 Å². The van der Waals surface area contributed by atoms with E-state index in [1.807, 2.05) is 6.92 Å². The fourth-order valence-corrected chi connectivity index (χ4v) is 4.97. The number of aromatic amines is 1. The molecule has 2 aromatic heterocycles. The van der Waals surface area contributed by atoms with E-state index in [-0.39, 0.29) is 28.9 Å². The van der Waals surface area contributed by atoms with Crippen molar-refractivity contribution in [2.24, 2.45) is 0 Å². The molecule has 0 spiro atoms. The standard InChI is InChI=1S/C20H23N5O3S/c1-14-4-6-16(7-5-14)29(27,28)12-8-17(26)25-11-2-3-15(13-25)18-19-20(24-23-18)22-10-9-21-19/h4-7,9-10,15H,2-3,8,11-13H2,1H3,(H,22,23,24). The number of fused-ring (bicyclic) bond motifs is 1. The average Bonchev–Trinajstić information content (AvgIpc) is 3.17. The van der Waals surface area contributed by atoms with Crippen molar-refractivity contribution in [1.82, 2.24) is 25.1 Å². The normalized spacial score (nSPS) is 17.6. The van der Waals surface area contributed by atoms with Gasteiger partial charge in [0.2, 0.25) is 5.91 Å². The molecule has 3 aromatic rings. The van der Waals surface area contributed by atoms with Gasteiger partial charge in [0.05, 0.1) is 16.3 Å². The van der Waals surface area contributed by atoms with Gasteiger partial charge in [-0.2, -0.15) is 5.10 Å². The molecule has 0 radical (unpaired) electrons. The van der Waals surface area contributed by atoms with Crippen LogP contribution >= 0.6 is 0 Å². The summed E-state index contributed by atoms with van der Waals surface area (Å²) < 4.78 is 25.1. The van der Waals surface area contributed by atoms with E-state index in [4.69, 9.17) is 0 Å². The minimum Gasteiger partial charge on any atom is -0.342 e. The predicted octanol–water partition coefficient (Wildman–Crippen LogP) is 2.23. The molecule has 3 heterocycles. The highest BCUT2D eigenvalue weighted by atomic mass is 32.2. The fourth-order valence-electron chi connectivity index (χ4n) is 3.74. The van der Waals surface area contributed by atoms with Crippen molar-refractivity contribution >= 4 is 26.9 Å². The molecule has 9 heteroatoms. The third kappa shape index (κ3) is 4.14. The molecule has 1 N–H and O–H groups in total. The molecular formula is C20H23N5O3S. The molecule has 0 aliphatic carbocycles. The lowest BCUT2D eigenvalue weighted by Crippen LogP contribution is -2.39. The van der Waals surface area contributed by atoms with Crippen molar-refractivity contribution in [3.63, 3.8) is 0 Å². The number of aromatic nitrogens is 4. The average molecular weight is 414 g/mol. The second kappa shape index (κ2) is 7.90. The summed E-state index contributed by atoms with van der Waals surface area (Å²) in [4.78, 5) is 23.3. The zero-order valence-electron chi connectivity index (χ0n) is 16.2. The highest BCUT2D eigenvalue weighted by molar-refractivity contribution is 7.91. The first kappa shape index (κ1) is 19.5. The Morgan fingerprint density at radius 3 is 2.76 bits per heavy atom. The van der Waals surface area contributed by atoms with E-state index >= 15 is 0 Å². The van der Waals surface area contributed by atoms with Crippen molar-refractivity contribution in [2.45, 2.75) is 37.0 Å². The topological polar surface area (TPSA) is 109 Å². The summed E-state index contributed by atoms with van der Waals surface area (Å²) in [6.45, 7) is 3.07. The number of H-pyrrole nitrogens is 1. The summed E-state index contributed by atoms with van der Waals surface area (Å²) in [6.07, 6.45) is 4.97. The summed E-state index contributed by atoms with van der Waals surface area (Å²) in [5.74, 6) is -0.238. The number of hydrogen-bond acceptors (Lipinski definition) is 6. The summed E-state index contributed by atoms with van der Waals surface area (Å²) in [5.41, 5.74) is 3.18. The second-order valence-electron chi connectivity index (χ2n) is 7.43. The maximum atomic E-state index is 12.7. The van der Waals surface area contributed by atoms with Crippen LogP contribution < -0.4 is 0 Å². The number of carbonyl (C=O) groups is 1. The lowest BCUT2D eigenvalue weighted by molar-refractivity contribution is -0.132. The Balaban J connectivity index is 1.42. The number of likely N-dealkylation sites (tertiary alicyclic amines) is 1. The van der Waals surface area contributed by atoms with E-state index in [0.29, 0.717) is 18.7 Å². The van der Waals surface area contributed by atoms with Gasteiger partial charge >= 0.3 is 0 Å². The van der Waals surface area contributed by atoms with Crippen LogP contribution in [0.1, 0.15) is 36.4 Å². The van der Waals surface area contributed by atoms with E-state index < -0.39 is 9.84 Å². The van der Waals surface area contributed by atoms with Gasteiger partial charge in [-0.3, -0.25) is 9.89 Å². The monoisotopic (exact) mass is 413 g/mol. The number of sulfone groups is 1. The lowest BCUT2D eigenvalue weighted by atomic mass is 9.94. The summed E-state index contributed by atoms with van der Waals surface area (Å²) in [6, 6.07) is 6.72. The highest BCUT2D eigenvalue weighted by Gasteiger charge is 2.28. The molecule has 1 amide bonds. The molecule has 4 rings (SSSR count). The highest BCUT2D eigenvalue weighted by Crippen LogP contribution is 2.29. The first-order chi connectivity index (χ1) is 13.9. The quantitative estimate of drug-likeness (QED) is 0.687. The molecule has 8 nitrogen and oxygen atoms in total. The van der Waals surface area contributed by atoms with Crippen molar-refractivity contribution in [1.29, 1.82) is 0 Å². The number of nitrogens with zero attached hydrogens (tertiary/aromatic N) is 4. The van der Waals surface area contributed by atoms with Crippen molar-refractivity contribution < 1.29 is 13.2 Å². The molecule has 0 saturated carbocycles. The first-order valence-electron chi connectivity index (χ1n) is 9.66. The molecule has 1 aliphatic rings. The fraction of sp³-hybridized carbons (Fsp3) is 0.400. The number of rotatable bonds is 5. The molecule has 1 saturated heterocycles. The first-order valence-corrected chi connectivity index (χ1v) is 11.3. The maximum Gasteiger partial charge on any atom is 0.223 e. The number of piperidine rings is 1. The van der Waals surface area contributed by atoms with E-state index in [1.165, 1.54) is 0 Å². The van der Waals surface area contributed by atoms with Crippen LogP contribution in [0.3, 0.4) is 0 Å². The van der Waals surface area contributed by atoms with E-state index in [2.05, 4.69) is 20.2 Å². The van der Waals surface area contributed by atoms with Crippen molar-refractivity contribution in [2.75, 3.05) is 18.8 Å². The van der Waals surface area contributed by atoms with Crippen LogP contribution in [-0.2, 0) is 14.6 Å². The number of nitrogens with one attached hydrogen (secondary N) is 1. The number of hydrogen-bond donors (Lipinski definition) is 1. The summed E-state index contributed by atoms with van der Waals surface area (Å²) >= 11 is 0. The van der Waals surface area contributed by atoms with Gasteiger partial charge in [-0.1, -0.05) is 17.7 Å². The van der Waals surface area contributed by atoms with Crippen molar-refractivity contribution in [3.05, 3.63) is 47.9 Å². The van der Waals surface area contributed by atoms with Crippen molar-refractivity contribution in [3.8, 4) is 0 Å². The molecule has 1 aliphatic heterocycles. The molecular weight excluding hydrogens is 390 g/mol. The van der Waals surface area contributed by atoms with E-state index in [1.54, 1.807) is 41.6 Å². The maximum absolute atomic E-state index is 12.7. The van der Waals surface area contributed by atoms with Gasteiger partial charge in [-0.25, -0.2) is 18.4 Å². The molecule has 1 aromatic carbocycles. The Morgan fingerprint density at radius 1 is 1.21 bits per heavy atom. The van der Waals surface area contributed by atoms with Gasteiger partial charge in [0.1, 0.15) is 5.52 Å². The smallest absolute Gasteiger partial charge is 0.223 e. The summed E-state index contributed by atoms with van der Waals surface area (Å²) in [5, 5.41) is 7.21. The number of aryl methyl sites for hydroxylation is 1. The Hall–Kier alpha value is -2.81. The minimum absolute atomic E-state index is 0.0214. The zero-order chi connectivity index (χ0) is 20.4. The van der Waals surface area contributed by atoms with Gasteiger partial charge < -0.3 is 4.90 Å². The van der Waals surface area contributed by atoms with Crippen LogP contribution in [0, 0.1) is 6.92 Å². The second-order valence-corrected chi connectivity index (χ2v) is 9.54. The van der Waals surface area contributed by atoms with E-state index in [0.717, 1.165) is 29.6 Å². The van der Waals surface area contributed by atoms with Crippen LogP contribution in [0.15, 0.2) is 41.6 Å². The molecule has 1 atom stereocenters. The van der Waals surface area contributed by atoms with Crippen LogP contribution in [0.2, 0.25) is 0 Å². The Bertz CT molecular complexity index is 1120. The number of benzene rings is 1. The van der Waals surface area contributed by atoms with Crippen LogP contribution in [0.4, 0.5) is 0 Å². The van der Waals surface area contributed by atoms with Gasteiger partial charge in [-0.15, -0.1) is 0 Å². The lowest BCUT2D eigenvalue weighted by Gasteiger charge is -2.32. The molecule has 1 unspecified atom stereocenters. The van der Waals surface area contributed by atoms with Gasteiger partial charge in [0, 0.05) is 37.8 Å². The Morgan fingerprint density at radius 2 is 1.97 bits per heavy atom. The van der Waals surface area contributed by atoms with Crippen LogP contribution in [0.5, 0.6) is 0 Å². The molecule has 0 bridgehead atoms. The minimum atomic E-state index is -3.48. The Kier molecular flexibility index (Phi) is 5.31. The van der Waals surface area contributed by atoms with Gasteiger partial charge in [-0.05, 0) is 31.9 Å². The predicted molar refractivity (Wildman–Crippen MR) is 108 cm³/mol. The third-order valence-electron chi connectivity index (χ3n) is 5.36. The van der Waals surface area contributed by atoms with E-state index in [9.17, 15) is 13.2 Å². The largest absolute Gasteiger partial charge is 0.342 e. The molecule has 29 heavy (non-hydrogen) atoms. The number of carbonyl (C=O) groups excluding carboxylic acids is 1. The SMILES string of the molecule is Cc1ccc(S(=O)(=O)CCC(=O)N2CCCC(c3[nH]nc4nccnc34)C2)cc1. The Labute approximate surface area is 169 Å². The van der Waals surface area contributed by atoms with Crippen LogP contribution in [-0.4, -0.2) is 58.2 Å². The third-order valence-corrected chi connectivity index (χ3v) is 7.10. The molecule has 152 valence electrons.